The Morgan fingerprint density at radius 2 is 1.92 bits per heavy atom. The fourth-order valence-electron chi connectivity index (χ4n) is 4.90. The number of nitriles is 1. The van der Waals surface area contributed by atoms with Gasteiger partial charge in [-0.25, -0.2) is 9.50 Å². The number of rotatable bonds is 3. The Morgan fingerprint density at radius 1 is 1.21 bits per heavy atom. The van der Waals surface area contributed by atoms with Gasteiger partial charge in [0.15, 0.2) is 11.3 Å². The van der Waals surface area contributed by atoms with Gasteiger partial charge in [-0.3, -0.25) is 4.79 Å². The summed E-state index contributed by atoms with van der Waals surface area (Å²) in [5.74, 6) is -0.210. The third-order valence-electron chi connectivity index (χ3n) is 7.18. The molecule has 0 radical (unpaired) electrons. The van der Waals surface area contributed by atoms with E-state index in [-0.39, 0.29) is 22.3 Å². The molecule has 1 unspecified atom stereocenters. The number of fused-ring (bicyclic) bond motifs is 2. The van der Waals surface area contributed by atoms with Crippen LogP contribution in [-0.4, -0.2) is 20.5 Å². The number of alkyl halides is 3. The van der Waals surface area contributed by atoms with E-state index in [0.717, 1.165) is 47.5 Å². The molecule has 4 aromatic rings. The van der Waals surface area contributed by atoms with Crippen LogP contribution in [0.3, 0.4) is 0 Å². The first-order chi connectivity index (χ1) is 17.9. The van der Waals surface area contributed by atoms with E-state index in [1.165, 1.54) is 11.3 Å². The molecule has 0 saturated carbocycles. The second-order valence-corrected chi connectivity index (χ2v) is 11.9. The third-order valence-corrected chi connectivity index (χ3v) is 8.35. The van der Waals surface area contributed by atoms with Crippen LogP contribution in [0.2, 0.25) is 0 Å². The number of nitrogens with one attached hydrogen (secondary N) is 1. The Labute approximate surface area is 222 Å². The smallest absolute Gasteiger partial charge is 0.312 e. The van der Waals surface area contributed by atoms with Crippen molar-refractivity contribution in [3.05, 3.63) is 69.4 Å². The van der Waals surface area contributed by atoms with E-state index in [9.17, 15) is 23.2 Å². The maximum absolute atomic E-state index is 14.0. The first-order valence-corrected chi connectivity index (χ1v) is 13.1. The van der Waals surface area contributed by atoms with E-state index in [1.807, 2.05) is 6.92 Å². The highest BCUT2D eigenvalue weighted by atomic mass is 32.1. The zero-order valence-corrected chi connectivity index (χ0v) is 22.2. The fourth-order valence-corrected chi connectivity index (χ4v) is 6.17. The van der Waals surface area contributed by atoms with Gasteiger partial charge < -0.3 is 5.32 Å². The van der Waals surface area contributed by atoms with Crippen LogP contribution in [0, 0.1) is 29.6 Å². The van der Waals surface area contributed by atoms with Crippen molar-refractivity contribution in [1.82, 2.24) is 14.6 Å². The lowest BCUT2D eigenvalue weighted by Gasteiger charge is -2.33. The zero-order valence-electron chi connectivity index (χ0n) is 21.4. The van der Waals surface area contributed by atoms with Crippen molar-refractivity contribution < 1.29 is 18.0 Å². The molecule has 1 aromatic carbocycles. The number of nitrogens with zero attached hydrogens (tertiary/aromatic N) is 4. The van der Waals surface area contributed by atoms with Gasteiger partial charge >= 0.3 is 6.18 Å². The minimum Gasteiger partial charge on any atom is -0.312 e. The standard InChI is InChI=1S/C28H26F3N5OS/c1-15-5-7-16(8-6-15)21-12-23(28(29,30)31)36-24(34-21)20(14-33-36)25(37)35-26-19(13-32)18-10-9-17(27(2,3)4)11-22(18)38-26/h5-8,12,14,17H,9-11H2,1-4H3,(H,35,37). The van der Waals surface area contributed by atoms with Crippen molar-refractivity contribution in [2.75, 3.05) is 5.32 Å². The van der Waals surface area contributed by atoms with Gasteiger partial charge in [-0.15, -0.1) is 11.3 Å². The second-order valence-electron chi connectivity index (χ2n) is 10.8. The van der Waals surface area contributed by atoms with Gasteiger partial charge in [0.2, 0.25) is 0 Å². The molecule has 0 fully saturated rings. The summed E-state index contributed by atoms with van der Waals surface area (Å²) in [7, 11) is 0. The van der Waals surface area contributed by atoms with E-state index in [4.69, 9.17) is 0 Å². The van der Waals surface area contributed by atoms with Crippen molar-refractivity contribution in [2.45, 2.75) is 53.1 Å². The predicted molar refractivity (Wildman–Crippen MR) is 140 cm³/mol. The van der Waals surface area contributed by atoms with Crippen LogP contribution >= 0.6 is 11.3 Å². The summed E-state index contributed by atoms with van der Waals surface area (Å²) in [4.78, 5) is 18.8. The first-order valence-electron chi connectivity index (χ1n) is 12.3. The van der Waals surface area contributed by atoms with Gasteiger partial charge in [-0.2, -0.15) is 23.5 Å². The summed E-state index contributed by atoms with van der Waals surface area (Å²) >= 11 is 1.36. The van der Waals surface area contributed by atoms with Gasteiger partial charge in [0.1, 0.15) is 16.6 Å². The lowest BCUT2D eigenvalue weighted by atomic mass is 9.72. The SMILES string of the molecule is Cc1ccc(-c2cc(C(F)(F)F)n3ncc(C(=O)Nc4sc5c(c4C#N)CCC(C(C)(C)C)C5)c3n2)cc1. The summed E-state index contributed by atoms with van der Waals surface area (Å²) < 4.78 is 42.5. The number of anilines is 1. The van der Waals surface area contributed by atoms with E-state index in [0.29, 0.717) is 26.6 Å². The van der Waals surface area contributed by atoms with Crippen molar-refractivity contribution >= 4 is 27.9 Å². The van der Waals surface area contributed by atoms with Gasteiger partial charge in [0.25, 0.3) is 5.91 Å². The van der Waals surface area contributed by atoms with Crippen LogP contribution in [-0.2, 0) is 19.0 Å². The number of thiophene rings is 1. The van der Waals surface area contributed by atoms with Gasteiger partial charge in [0.05, 0.1) is 17.5 Å². The molecule has 6 nitrogen and oxygen atoms in total. The number of halogens is 3. The molecule has 1 atom stereocenters. The normalized spacial score (nSPS) is 15.8. The summed E-state index contributed by atoms with van der Waals surface area (Å²) in [6.07, 6.45) is -1.11. The van der Waals surface area contributed by atoms with Crippen LogP contribution in [0.15, 0.2) is 36.5 Å². The zero-order chi connectivity index (χ0) is 27.4. The maximum Gasteiger partial charge on any atom is 0.433 e. The molecule has 3 heterocycles. The fraction of sp³-hybridized carbons (Fsp3) is 0.357. The Morgan fingerprint density at radius 3 is 2.55 bits per heavy atom. The van der Waals surface area contributed by atoms with E-state index < -0.39 is 17.8 Å². The topological polar surface area (TPSA) is 83.1 Å². The van der Waals surface area contributed by atoms with Gasteiger partial charge in [0, 0.05) is 10.4 Å². The number of aryl methyl sites for hydroxylation is 1. The molecular weight excluding hydrogens is 511 g/mol. The summed E-state index contributed by atoms with van der Waals surface area (Å²) in [5.41, 5.74) is 1.67. The Kier molecular flexibility index (Phi) is 6.30. The minimum atomic E-state index is -4.72. The molecule has 10 heteroatoms. The Balaban J connectivity index is 1.54. The van der Waals surface area contributed by atoms with Crippen molar-refractivity contribution in [3.63, 3.8) is 0 Å². The lowest BCUT2D eigenvalue weighted by molar-refractivity contribution is -0.142. The molecule has 1 aliphatic carbocycles. The third kappa shape index (κ3) is 4.67. The predicted octanol–water partition coefficient (Wildman–Crippen LogP) is 7.06. The molecule has 1 N–H and O–H groups in total. The highest BCUT2D eigenvalue weighted by Crippen LogP contribution is 2.44. The molecule has 38 heavy (non-hydrogen) atoms. The highest BCUT2D eigenvalue weighted by Gasteiger charge is 2.36. The van der Waals surface area contributed by atoms with Crippen LogP contribution in [0.4, 0.5) is 18.2 Å². The van der Waals surface area contributed by atoms with E-state index >= 15 is 0 Å². The second kappa shape index (κ2) is 9.24. The molecule has 0 bridgehead atoms. The summed E-state index contributed by atoms with van der Waals surface area (Å²) in [6.45, 7) is 8.47. The van der Waals surface area contributed by atoms with E-state index in [1.54, 1.807) is 24.3 Å². The minimum absolute atomic E-state index is 0.0805. The summed E-state index contributed by atoms with van der Waals surface area (Å²) in [5, 5.41) is 16.9. The van der Waals surface area contributed by atoms with Gasteiger partial charge in [-0.1, -0.05) is 50.6 Å². The number of hydrogen-bond donors (Lipinski definition) is 1. The molecule has 196 valence electrons. The maximum atomic E-state index is 14.0. The Bertz CT molecular complexity index is 1590. The highest BCUT2D eigenvalue weighted by molar-refractivity contribution is 7.16. The number of carbonyl (C=O) groups excluding carboxylic acids is 1. The lowest BCUT2D eigenvalue weighted by Crippen LogP contribution is -2.26. The first kappa shape index (κ1) is 25.9. The molecule has 1 aliphatic rings. The average molecular weight is 538 g/mol. The van der Waals surface area contributed by atoms with E-state index in [2.05, 4.69) is 42.2 Å². The summed E-state index contributed by atoms with van der Waals surface area (Å²) in [6, 6.07) is 10.1. The molecular formula is C28H26F3N5OS. The number of hydrogen-bond acceptors (Lipinski definition) is 5. The van der Waals surface area contributed by atoms with Crippen LogP contribution in [0.5, 0.6) is 0 Å². The molecule has 3 aromatic heterocycles. The monoisotopic (exact) mass is 537 g/mol. The number of carbonyl (C=O) groups is 1. The quantitative estimate of drug-likeness (QED) is 0.303. The van der Waals surface area contributed by atoms with Crippen molar-refractivity contribution in [2.24, 2.45) is 11.3 Å². The van der Waals surface area contributed by atoms with Crippen LogP contribution in [0.25, 0.3) is 16.9 Å². The number of benzene rings is 1. The van der Waals surface area contributed by atoms with Crippen LogP contribution in [0.1, 0.15) is 64.8 Å². The number of aromatic nitrogens is 3. The molecule has 5 rings (SSSR count). The molecule has 1 amide bonds. The molecule has 0 saturated heterocycles. The number of amides is 1. The molecule has 0 spiro atoms. The largest absolute Gasteiger partial charge is 0.433 e. The van der Waals surface area contributed by atoms with Gasteiger partial charge in [-0.05, 0) is 49.1 Å². The average Bonchev–Trinajstić information content (AvgIpc) is 3.43. The Hall–Kier alpha value is -3.71. The molecule has 0 aliphatic heterocycles. The van der Waals surface area contributed by atoms with Crippen molar-refractivity contribution in [3.8, 4) is 17.3 Å². The van der Waals surface area contributed by atoms with Crippen molar-refractivity contribution in [1.29, 1.82) is 5.26 Å². The van der Waals surface area contributed by atoms with Crippen LogP contribution < -0.4 is 5.32 Å².